The van der Waals surface area contributed by atoms with E-state index in [1.807, 2.05) is 24.3 Å². The first kappa shape index (κ1) is 24.3. The van der Waals surface area contributed by atoms with Crippen molar-refractivity contribution in [3.8, 4) is 17.6 Å². The van der Waals surface area contributed by atoms with Crippen LogP contribution in [0.5, 0.6) is 11.5 Å². The Labute approximate surface area is 201 Å². The number of benzene rings is 3. The molecule has 8 nitrogen and oxygen atoms in total. The molecule has 34 heavy (non-hydrogen) atoms. The zero-order valence-corrected chi connectivity index (χ0v) is 19.1. The Hall–Kier alpha value is -4.35. The lowest BCUT2D eigenvalue weighted by Crippen LogP contribution is -2.14. The molecule has 0 heterocycles. The molecule has 0 aliphatic rings. The number of anilines is 1. The van der Waals surface area contributed by atoms with Gasteiger partial charge in [0.2, 0.25) is 0 Å². The number of nitro benzene ring substituents is 1. The van der Waals surface area contributed by atoms with Crippen LogP contribution >= 0.6 is 11.6 Å². The molecule has 0 radical (unpaired) electrons. The fourth-order valence-corrected chi connectivity index (χ4v) is 3.26. The number of carbonyl (C=O) groups is 1. The number of nitrogens with one attached hydrogen (secondary N) is 1. The van der Waals surface area contributed by atoms with E-state index < -0.39 is 10.8 Å². The number of aryl methyl sites for hydroxylation is 1. The van der Waals surface area contributed by atoms with Gasteiger partial charge in [-0.3, -0.25) is 14.9 Å². The van der Waals surface area contributed by atoms with Gasteiger partial charge in [0.15, 0.2) is 11.5 Å². The molecule has 9 heteroatoms. The number of hydrogen-bond acceptors (Lipinski definition) is 6. The molecule has 0 atom stereocenters. The summed E-state index contributed by atoms with van der Waals surface area (Å²) >= 11 is 6.18. The van der Waals surface area contributed by atoms with Gasteiger partial charge < -0.3 is 14.8 Å². The molecule has 0 saturated heterocycles. The van der Waals surface area contributed by atoms with Gasteiger partial charge in [0, 0.05) is 16.7 Å². The lowest BCUT2D eigenvalue weighted by molar-refractivity contribution is -0.384. The summed E-state index contributed by atoms with van der Waals surface area (Å²) in [6.45, 7) is 1.89. The zero-order valence-electron chi connectivity index (χ0n) is 18.4. The molecule has 0 saturated carbocycles. The molecule has 3 rings (SSSR count). The Morgan fingerprint density at radius 3 is 2.62 bits per heavy atom. The largest absolute Gasteiger partial charge is 0.493 e. The maximum absolute atomic E-state index is 12.7. The quantitative estimate of drug-likeness (QED) is 0.193. The van der Waals surface area contributed by atoms with Crippen molar-refractivity contribution < 1.29 is 19.2 Å². The Morgan fingerprint density at radius 1 is 1.18 bits per heavy atom. The van der Waals surface area contributed by atoms with Gasteiger partial charge in [-0.1, -0.05) is 41.9 Å². The van der Waals surface area contributed by atoms with Crippen LogP contribution in [0.25, 0.3) is 6.08 Å². The minimum atomic E-state index is -0.774. The number of nitro groups is 1. The molecule has 0 aromatic heterocycles. The first-order valence-electron chi connectivity index (χ1n) is 10.0. The van der Waals surface area contributed by atoms with Crippen molar-refractivity contribution in [2.24, 2.45) is 0 Å². The molecule has 0 unspecified atom stereocenters. The van der Waals surface area contributed by atoms with E-state index >= 15 is 0 Å². The number of ether oxygens (including phenoxy) is 2. The highest BCUT2D eigenvalue weighted by Crippen LogP contribution is 2.31. The smallest absolute Gasteiger partial charge is 0.293 e. The fourth-order valence-electron chi connectivity index (χ4n) is 3.07. The van der Waals surface area contributed by atoms with E-state index in [9.17, 15) is 20.2 Å². The third kappa shape index (κ3) is 5.91. The summed E-state index contributed by atoms with van der Waals surface area (Å²) in [5, 5.41) is 23.8. The van der Waals surface area contributed by atoms with Gasteiger partial charge >= 0.3 is 0 Å². The Kier molecular flexibility index (Phi) is 7.85. The molecule has 172 valence electrons. The first-order valence-corrected chi connectivity index (χ1v) is 10.4. The summed E-state index contributed by atoms with van der Waals surface area (Å²) in [5.74, 6) is 0.0780. The highest BCUT2D eigenvalue weighted by molar-refractivity contribution is 6.31. The lowest BCUT2D eigenvalue weighted by atomic mass is 10.1. The second-order valence-electron chi connectivity index (χ2n) is 7.19. The van der Waals surface area contributed by atoms with Crippen LogP contribution in [0.4, 0.5) is 11.4 Å². The highest BCUT2D eigenvalue weighted by atomic mass is 35.5. The van der Waals surface area contributed by atoms with Crippen LogP contribution in [0.3, 0.4) is 0 Å². The number of halogens is 1. The van der Waals surface area contributed by atoms with Gasteiger partial charge in [0.1, 0.15) is 23.9 Å². The summed E-state index contributed by atoms with van der Waals surface area (Å²) in [4.78, 5) is 23.4. The van der Waals surface area contributed by atoms with E-state index in [1.54, 1.807) is 37.3 Å². The normalized spacial score (nSPS) is 10.8. The molecule has 0 spiro atoms. The molecule has 0 fully saturated rings. The number of hydrogen-bond donors (Lipinski definition) is 1. The number of rotatable bonds is 8. The van der Waals surface area contributed by atoms with Crippen molar-refractivity contribution in [3.05, 3.63) is 98.1 Å². The van der Waals surface area contributed by atoms with E-state index in [1.165, 1.54) is 25.3 Å². The van der Waals surface area contributed by atoms with Crippen molar-refractivity contribution >= 4 is 35.0 Å². The van der Waals surface area contributed by atoms with Crippen molar-refractivity contribution in [2.45, 2.75) is 13.5 Å². The molecule has 1 N–H and O–H groups in total. The fraction of sp³-hybridized carbons (Fsp3) is 0.120. The van der Waals surface area contributed by atoms with Crippen LogP contribution in [0, 0.1) is 28.4 Å². The number of methoxy groups -OCH3 is 1. The van der Waals surface area contributed by atoms with Crippen molar-refractivity contribution in [3.63, 3.8) is 0 Å². The first-order chi connectivity index (χ1) is 16.3. The Balaban J connectivity index is 1.85. The molecule has 0 aliphatic carbocycles. The molecule has 3 aromatic carbocycles. The van der Waals surface area contributed by atoms with Crippen LogP contribution in [0.1, 0.15) is 16.7 Å². The molecule has 1 amide bonds. The molecule has 0 aliphatic heterocycles. The van der Waals surface area contributed by atoms with E-state index in [0.29, 0.717) is 27.6 Å². The van der Waals surface area contributed by atoms with Gasteiger partial charge in [-0.05, 0) is 48.4 Å². The highest BCUT2D eigenvalue weighted by Gasteiger charge is 2.18. The third-order valence-corrected chi connectivity index (χ3v) is 5.17. The van der Waals surface area contributed by atoms with Gasteiger partial charge in [0.05, 0.1) is 12.0 Å². The van der Waals surface area contributed by atoms with E-state index in [2.05, 4.69) is 5.32 Å². The number of amides is 1. The predicted molar refractivity (Wildman–Crippen MR) is 129 cm³/mol. The van der Waals surface area contributed by atoms with Crippen molar-refractivity contribution in [2.75, 3.05) is 12.4 Å². The minimum Gasteiger partial charge on any atom is -0.493 e. The topological polar surface area (TPSA) is 114 Å². The second kappa shape index (κ2) is 11.0. The van der Waals surface area contributed by atoms with E-state index in [4.69, 9.17) is 21.1 Å². The van der Waals surface area contributed by atoms with Crippen LogP contribution in [0.15, 0.2) is 66.2 Å². The average molecular weight is 478 g/mol. The van der Waals surface area contributed by atoms with Gasteiger partial charge in [0.25, 0.3) is 11.6 Å². The number of nitriles is 1. The standard InChI is InChI=1S/C25H20ClN3O5/c1-16-7-9-21(22(11-16)29(31)32)28-25(30)19(14-27)12-17-8-10-23(33-2)24(13-17)34-15-18-5-3-4-6-20(18)26/h3-13H,15H2,1-2H3,(H,28,30)/b19-12+. The van der Waals surface area contributed by atoms with Crippen LogP contribution in [0.2, 0.25) is 5.02 Å². The number of carbonyl (C=O) groups excluding carboxylic acids is 1. The average Bonchev–Trinajstić information content (AvgIpc) is 2.83. The zero-order chi connectivity index (χ0) is 24.7. The van der Waals surface area contributed by atoms with Crippen LogP contribution < -0.4 is 14.8 Å². The molecular weight excluding hydrogens is 458 g/mol. The SMILES string of the molecule is COc1ccc(/C=C(\C#N)C(=O)Nc2ccc(C)cc2[N+](=O)[O-])cc1OCc1ccccc1Cl. The summed E-state index contributed by atoms with van der Waals surface area (Å²) in [7, 11) is 1.50. The van der Waals surface area contributed by atoms with Gasteiger partial charge in [-0.15, -0.1) is 0 Å². The Morgan fingerprint density at radius 2 is 1.94 bits per heavy atom. The minimum absolute atomic E-state index is 0.000225. The number of nitrogens with zero attached hydrogens (tertiary/aromatic N) is 2. The van der Waals surface area contributed by atoms with Crippen molar-refractivity contribution in [1.29, 1.82) is 5.26 Å². The van der Waals surface area contributed by atoms with Crippen LogP contribution in [-0.2, 0) is 11.4 Å². The monoisotopic (exact) mass is 477 g/mol. The van der Waals surface area contributed by atoms with Gasteiger partial charge in [-0.2, -0.15) is 5.26 Å². The lowest BCUT2D eigenvalue weighted by Gasteiger charge is -2.12. The summed E-state index contributed by atoms with van der Waals surface area (Å²) in [6.07, 6.45) is 1.36. The second-order valence-corrected chi connectivity index (χ2v) is 7.60. The maximum atomic E-state index is 12.7. The molecular formula is C25H20ClN3O5. The molecule has 3 aromatic rings. The van der Waals surface area contributed by atoms with E-state index in [-0.39, 0.29) is 23.6 Å². The summed E-state index contributed by atoms with van der Waals surface area (Å²) < 4.78 is 11.2. The van der Waals surface area contributed by atoms with E-state index in [0.717, 1.165) is 5.56 Å². The molecule has 0 bridgehead atoms. The summed E-state index contributed by atoms with van der Waals surface area (Å²) in [5.41, 5.74) is 1.45. The summed E-state index contributed by atoms with van der Waals surface area (Å²) in [6, 6.07) is 18.4. The van der Waals surface area contributed by atoms with Gasteiger partial charge in [-0.25, -0.2) is 0 Å². The predicted octanol–water partition coefficient (Wildman–Crippen LogP) is 5.69. The maximum Gasteiger partial charge on any atom is 0.293 e. The Bertz CT molecular complexity index is 1310. The third-order valence-electron chi connectivity index (χ3n) is 4.80. The van der Waals surface area contributed by atoms with Crippen molar-refractivity contribution in [1.82, 2.24) is 0 Å². The van der Waals surface area contributed by atoms with Crippen LogP contribution in [-0.4, -0.2) is 17.9 Å².